The molecule has 0 aromatic heterocycles. The SMILES string of the molecule is CC(C)(C)OC(=O)N(Cc1ccccc1NS(C)(=O)=O)C1CCNCC1. The van der Waals surface area contributed by atoms with Gasteiger partial charge < -0.3 is 15.0 Å². The second-order valence-corrected chi connectivity index (χ2v) is 9.37. The Labute approximate surface area is 156 Å². The van der Waals surface area contributed by atoms with Crippen LogP contribution in [-0.4, -0.2) is 50.4 Å². The number of nitrogens with zero attached hydrogens (tertiary/aromatic N) is 1. The smallest absolute Gasteiger partial charge is 0.410 e. The average Bonchev–Trinajstić information content (AvgIpc) is 2.51. The lowest BCUT2D eigenvalue weighted by Crippen LogP contribution is -2.47. The topological polar surface area (TPSA) is 87.7 Å². The van der Waals surface area contributed by atoms with E-state index in [1.165, 1.54) is 0 Å². The van der Waals surface area contributed by atoms with E-state index >= 15 is 0 Å². The van der Waals surface area contributed by atoms with Crippen molar-refractivity contribution in [1.82, 2.24) is 10.2 Å². The van der Waals surface area contributed by atoms with E-state index in [-0.39, 0.29) is 18.7 Å². The fraction of sp³-hybridized carbons (Fsp3) is 0.611. The van der Waals surface area contributed by atoms with Crippen LogP contribution in [-0.2, 0) is 21.3 Å². The zero-order valence-corrected chi connectivity index (χ0v) is 16.7. The molecule has 2 rings (SSSR count). The first-order chi connectivity index (χ1) is 12.1. The van der Waals surface area contributed by atoms with Gasteiger partial charge in [-0.15, -0.1) is 0 Å². The van der Waals surface area contributed by atoms with E-state index in [4.69, 9.17) is 4.74 Å². The highest BCUT2D eigenvalue weighted by Crippen LogP contribution is 2.24. The van der Waals surface area contributed by atoms with Gasteiger partial charge in [0.25, 0.3) is 0 Å². The fourth-order valence-electron chi connectivity index (χ4n) is 2.92. The molecule has 0 atom stereocenters. The summed E-state index contributed by atoms with van der Waals surface area (Å²) in [6.45, 7) is 7.48. The number of carbonyl (C=O) groups excluding carboxylic acids is 1. The van der Waals surface area contributed by atoms with Crippen LogP contribution < -0.4 is 10.0 Å². The molecule has 2 N–H and O–H groups in total. The molecular weight excluding hydrogens is 354 g/mol. The van der Waals surface area contributed by atoms with Crippen molar-refractivity contribution >= 4 is 21.8 Å². The standard InChI is InChI=1S/C18H29N3O4S/c1-18(2,3)25-17(22)21(15-9-11-19-12-10-15)13-14-7-5-6-8-16(14)20-26(4,23)24/h5-8,15,19-20H,9-13H2,1-4H3. The Morgan fingerprint density at radius 3 is 2.46 bits per heavy atom. The van der Waals surface area contributed by atoms with Gasteiger partial charge in [-0.2, -0.15) is 0 Å². The number of amides is 1. The summed E-state index contributed by atoms with van der Waals surface area (Å²) in [6.07, 6.45) is 2.41. The molecule has 1 aromatic carbocycles. The number of rotatable bonds is 5. The van der Waals surface area contributed by atoms with E-state index in [0.717, 1.165) is 37.8 Å². The number of carbonyl (C=O) groups is 1. The third-order valence-electron chi connectivity index (χ3n) is 4.03. The van der Waals surface area contributed by atoms with Crippen LogP contribution in [0, 0.1) is 0 Å². The fourth-order valence-corrected chi connectivity index (χ4v) is 3.52. The van der Waals surface area contributed by atoms with Gasteiger partial charge in [-0.3, -0.25) is 4.72 Å². The van der Waals surface area contributed by atoms with Crippen LogP contribution in [0.3, 0.4) is 0 Å². The molecule has 0 spiro atoms. The Morgan fingerprint density at radius 1 is 1.27 bits per heavy atom. The lowest BCUT2D eigenvalue weighted by atomic mass is 10.0. The van der Waals surface area contributed by atoms with Gasteiger partial charge in [-0.1, -0.05) is 18.2 Å². The van der Waals surface area contributed by atoms with Crippen LogP contribution >= 0.6 is 0 Å². The molecule has 1 aromatic rings. The summed E-state index contributed by atoms with van der Waals surface area (Å²) in [5.74, 6) is 0. The number of para-hydroxylation sites is 1. The van der Waals surface area contributed by atoms with E-state index in [0.29, 0.717) is 5.69 Å². The molecule has 1 heterocycles. The van der Waals surface area contributed by atoms with Gasteiger partial charge in [0, 0.05) is 6.04 Å². The van der Waals surface area contributed by atoms with Crippen molar-refractivity contribution in [3.05, 3.63) is 29.8 Å². The Bertz CT molecular complexity index is 722. The maximum Gasteiger partial charge on any atom is 0.410 e. The van der Waals surface area contributed by atoms with Crippen molar-refractivity contribution in [1.29, 1.82) is 0 Å². The van der Waals surface area contributed by atoms with Crippen molar-refractivity contribution in [2.45, 2.75) is 51.8 Å². The zero-order valence-electron chi connectivity index (χ0n) is 15.9. The van der Waals surface area contributed by atoms with Crippen LogP contribution in [0.4, 0.5) is 10.5 Å². The van der Waals surface area contributed by atoms with Crippen molar-refractivity contribution in [2.75, 3.05) is 24.1 Å². The lowest BCUT2D eigenvalue weighted by molar-refractivity contribution is 0.0107. The van der Waals surface area contributed by atoms with E-state index in [9.17, 15) is 13.2 Å². The number of anilines is 1. The number of sulfonamides is 1. The van der Waals surface area contributed by atoms with Crippen molar-refractivity contribution < 1.29 is 17.9 Å². The number of hydrogen-bond acceptors (Lipinski definition) is 5. The van der Waals surface area contributed by atoms with Gasteiger partial charge in [-0.25, -0.2) is 13.2 Å². The first kappa shape index (κ1) is 20.5. The molecule has 0 unspecified atom stereocenters. The number of ether oxygens (including phenoxy) is 1. The molecule has 26 heavy (non-hydrogen) atoms. The van der Waals surface area contributed by atoms with Gasteiger partial charge in [0.1, 0.15) is 5.60 Å². The minimum absolute atomic E-state index is 0.0531. The average molecular weight is 384 g/mol. The van der Waals surface area contributed by atoms with Crippen LogP contribution in [0.2, 0.25) is 0 Å². The maximum atomic E-state index is 12.8. The molecule has 0 bridgehead atoms. The molecule has 1 amide bonds. The highest BCUT2D eigenvalue weighted by atomic mass is 32.2. The number of nitrogens with one attached hydrogen (secondary N) is 2. The van der Waals surface area contributed by atoms with Crippen molar-refractivity contribution in [3.63, 3.8) is 0 Å². The second-order valence-electron chi connectivity index (χ2n) is 7.62. The molecule has 1 saturated heterocycles. The van der Waals surface area contributed by atoms with Crippen LogP contribution in [0.15, 0.2) is 24.3 Å². The molecule has 0 radical (unpaired) electrons. The summed E-state index contributed by atoms with van der Waals surface area (Å²) in [7, 11) is -3.40. The summed E-state index contributed by atoms with van der Waals surface area (Å²) in [6, 6.07) is 7.17. The molecule has 1 fully saturated rings. The lowest BCUT2D eigenvalue weighted by Gasteiger charge is -2.36. The normalized spacial score (nSPS) is 16.2. The maximum absolute atomic E-state index is 12.8. The van der Waals surface area contributed by atoms with E-state index in [1.807, 2.05) is 32.9 Å². The van der Waals surface area contributed by atoms with E-state index in [1.54, 1.807) is 17.0 Å². The quantitative estimate of drug-likeness (QED) is 0.816. The molecular formula is C18H29N3O4S. The highest BCUT2D eigenvalue weighted by Gasteiger charge is 2.30. The van der Waals surface area contributed by atoms with E-state index in [2.05, 4.69) is 10.0 Å². The summed E-state index contributed by atoms with van der Waals surface area (Å²) in [4.78, 5) is 14.5. The zero-order chi connectivity index (χ0) is 19.4. The first-order valence-electron chi connectivity index (χ1n) is 8.81. The van der Waals surface area contributed by atoms with Crippen LogP contribution in [0.5, 0.6) is 0 Å². The molecule has 0 saturated carbocycles. The van der Waals surface area contributed by atoms with Crippen LogP contribution in [0.25, 0.3) is 0 Å². The molecule has 1 aliphatic heterocycles. The Kier molecular flexibility index (Phi) is 6.52. The van der Waals surface area contributed by atoms with Crippen molar-refractivity contribution in [3.8, 4) is 0 Å². The Morgan fingerprint density at radius 2 is 1.88 bits per heavy atom. The number of benzene rings is 1. The molecule has 0 aliphatic carbocycles. The van der Waals surface area contributed by atoms with Gasteiger partial charge >= 0.3 is 6.09 Å². The Balaban J connectivity index is 2.27. The van der Waals surface area contributed by atoms with Gasteiger partial charge in [0.05, 0.1) is 18.5 Å². The molecule has 8 heteroatoms. The monoisotopic (exact) mass is 383 g/mol. The van der Waals surface area contributed by atoms with Crippen molar-refractivity contribution in [2.24, 2.45) is 0 Å². The van der Waals surface area contributed by atoms with Gasteiger partial charge in [0.2, 0.25) is 10.0 Å². The van der Waals surface area contributed by atoms with Gasteiger partial charge in [0.15, 0.2) is 0 Å². The number of piperidine rings is 1. The first-order valence-corrected chi connectivity index (χ1v) is 10.7. The molecule has 7 nitrogen and oxygen atoms in total. The predicted octanol–water partition coefficient (Wildman–Crippen LogP) is 2.55. The summed E-state index contributed by atoms with van der Waals surface area (Å²) in [5, 5.41) is 3.29. The third-order valence-corrected chi connectivity index (χ3v) is 4.62. The minimum atomic E-state index is -3.40. The largest absolute Gasteiger partial charge is 0.444 e. The summed E-state index contributed by atoms with van der Waals surface area (Å²) >= 11 is 0. The predicted molar refractivity (Wildman–Crippen MR) is 103 cm³/mol. The summed E-state index contributed by atoms with van der Waals surface area (Å²) < 4.78 is 31.4. The number of hydrogen-bond donors (Lipinski definition) is 2. The molecule has 1 aliphatic rings. The molecule has 146 valence electrons. The van der Waals surface area contributed by atoms with Crippen LogP contribution in [0.1, 0.15) is 39.2 Å². The second kappa shape index (κ2) is 8.26. The van der Waals surface area contributed by atoms with Gasteiger partial charge in [-0.05, 0) is 58.3 Å². The third kappa shape index (κ3) is 6.49. The Hall–Kier alpha value is -1.80. The summed E-state index contributed by atoms with van der Waals surface area (Å²) in [5.41, 5.74) is 0.632. The van der Waals surface area contributed by atoms with E-state index < -0.39 is 15.6 Å². The highest BCUT2D eigenvalue weighted by molar-refractivity contribution is 7.92. The minimum Gasteiger partial charge on any atom is -0.444 e.